The number of rotatable bonds is 3. The van der Waals surface area contributed by atoms with E-state index in [0.29, 0.717) is 0 Å². The maximum absolute atomic E-state index is 6.23. The fraction of sp³-hybridized carbons (Fsp3) is 0.111. The number of benzene rings is 3. The molecule has 3 aromatic carbocycles. The van der Waals surface area contributed by atoms with Crippen LogP contribution in [0.5, 0.6) is 0 Å². The van der Waals surface area contributed by atoms with Crippen molar-refractivity contribution in [1.29, 1.82) is 0 Å². The van der Waals surface area contributed by atoms with Gasteiger partial charge in [-0.1, -0.05) is 54.1 Å². The van der Waals surface area contributed by atoms with E-state index < -0.39 is 0 Å². The maximum atomic E-state index is 6.23. The molecule has 0 aliphatic rings. The van der Waals surface area contributed by atoms with Crippen LogP contribution in [0.4, 0.5) is 5.69 Å². The van der Waals surface area contributed by atoms with Gasteiger partial charge in [-0.2, -0.15) is 0 Å². The lowest BCUT2D eigenvalue weighted by molar-refractivity contribution is 1.15. The van der Waals surface area contributed by atoms with Crippen LogP contribution in [-0.4, -0.2) is 0 Å². The number of aryl methyl sites for hydroxylation is 1. The minimum absolute atomic E-state index is 0.769. The summed E-state index contributed by atoms with van der Waals surface area (Å²) in [4.78, 5) is 0. The maximum Gasteiger partial charge on any atom is 0.0640 e. The molecule has 0 spiro atoms. The number of fused-ring (bicyclic) bond motifs is 1. The number of nitrogens with one attached hydrogen (secondary N) is 1. The highest BCUT2D eigenvalue weighted by molar-refractivity contribution is 6.33. The van der Waals surface area contributed by atoms with Crippen molar-refractivity contribution >= 4 is 28.1 Å². The van der Waals surface area contributed by atoms with Gasteiger partial charge in [-0.3, -0.25) is 0 Å². The molecule has 3 rings (SSSR count). The summed E-state index contributed by atoms with van der Waals surface area (Å²) in [7, 11) is 0. The minimum Gasteiger partial charge on any atom is -0.380 e. The van der Waals surface area contributed by atoms with Crippen molar-refractivity contribution in [2.45, 2.75) is 13.5 Å². The average Bonchev–Trinajstić information content (AvgIpc) is 2.46. The van der Waals surface area contributed by atoms with Crippen LogP contribution in [0.25, 0.3) is 10.8 Å². The number of hydrogen-bond donors (Lipinski definition) is 1. The Bertz CT molecular complexity index is 749. The van der Waals surface area contributed by atoms with Crippen molar-refractivity contribution in [3.05, 3.63) is 76.8 Å². The molecule has 0 aliphatic heterocycles. The molecule has 0 fully saturated rings. The van der Waals surface area contributed by atoms with Crippen molar-refractivity contribution in [3.8, 4) is 0 Å². The molecule has 0 aromatic heterocycles. The highest BCUT2D eigenvalue weighted by atomic mass is 35.5. The SMILES string of the molecule is Cc1ccc(NCc2ccc3ccccc3c2)c(Cl)c1. The number of hydrogen-bond acceptors (Lipinski definition) is 1. The third-order valence-electron chi connectivity index (χ3n) is 3.42. The van der Waals surface area contributed by atoms with Gasteiger partial charge in [0.15, 0.2) is 0 Å². The molecule has 3 aromatic rings. The molecule has 1 nitrogen and oxygen atoms in total. The molecule has 0 amide bonds. The van der Waals surface area contributed by atoms with E-state index in [-0.39, 0.29) is 0 Å². The Hall–Kier alpha value is -1.99. The number of halogens is 1. The van der Waals surface area contributed by atoms with Gasteiger partial charge in [-0.15, -0.1) is 0 Å². The number of anilines is 1. The van der Waals surface area contributed by atoms with Gasteiger partial charge >= 0.3 is 0 Å². The molecule has 0 unspecified atom stereocenters. The van der Waals surface area contributed by atoms with Crippen molar-refractivity contribution in [3.63, 3.8) is 0 Å². The predicted octanol–water partition coefficient (Wildman–Crippen LogP) is 5.41. The molecular weight excluding hydrogens is 266 g/mol. The first-order valence-electron chi connectivity index (χ1n) is 6.70. The lowest BCUT2D eigenvalue weighted by atomic mass is 10.1. The van der Waals surface area contributed by atoms with Gasteiger partial charge in [-0.25, -0.2) is 0 Å². The summed E-state index contributed by atoms with van der Waals surface area (Å²) < 4.78 is 0. The highest BCUT2D eigenvalue weighted by Gasteiger charge is 2.01. The van der Waals surface area contributed by atoms with Gasteiger partial charge in [0, 0.05) is 6.54 Å². The smallest absolute Gasteiger partial charge is 0.0640 e. The molecule has 0 atom stereocenters. The zero-order valence-electron chi connectivity index (χ0n) is 11.4. The van der Waals surface area contributed by atoms with Gasteiger partial charge in [0.05, 0.1) is 10.7 Å². The molecule has 2 heteroatoms. The third kappa shape index (κ3) is 2.78. The van der Waals surface area contributed by atoms with E-state index in [2.05, 4.69) is 53.8 Å². The van der Waals surface area contributed by atoms with Gasteiger partial charge in [0.2, 0.25) is 0 Å². The van der Waals surface area contributed by atoms with Gasteiger partial charge in [0.25, 0.3) is 0 Å². The van der Waals surface area contributed by atoms with E-state index in [1.807, 2.05) is 19.1 Å². The van der Waals surface area contributed by atoms with Crippen LogP contribution in [0, 0.1) is 6.92 Å². The highest BCUT2D eigenvalue weighted by Crippen LogP contribution is 2.24. The minimum atomic E-state index is 0.769. The first-order chi connectivity index (χ1) is 9.72. The van der Waals surface area contributed by atoms with E-state index in [0.717, 1.165) is 17.3 Å². The fourth-order valence-corrected chi connectivity index (χ4v) is 2.61. The summed E-state index contributed by atoms with van der Waals surface area (Å²) in [6.45, 7) is 2.81. The Morgan fingerprint density at radius 2 is 1.70 bits per heavy atom. The van der Waals surface area contributed by atoms with Crippen molar-refractivity contribution < 1.29 is 0 Å². The second-order valence-electron chi connectivity index (χ2n) is 5.02. The summed E-state index contributed by atoms with van der Waals surface area (Å²) >= 11 is 6.23. The summed E-state index contributed by atoms with van der Waals surface area (Å²) in [6, 6.07) is 21.0. The van der Waals surface area contributed by atoms with Crippen molar-refractivity contribution in [2.75, 3.05) is 5.32 Å². The average molecular weight is 282 g/mol. The largest absolute Gasteiger partial charge is 0.380 e. The molecule has 0 bridgehead atoms. The first-order valence-corrected chi connectivity index (χ1v) is 7.08. The lowest BCUT2D eigenvalue weighted by Gasteiger charge is -2.10. The van der Waals surface area contributed by atoms with Crippen LogP contribution in [0.1, 0.15) is 11.1 Å². The van der Waals surface area contributed by atoms with Crippen molar-refractivity contribution in [2.24, 2.45) is 0 Å². The van der Waals surface area contributed by atoms with Crippen LogP contribution in [0.3, 0.4) is 0 Å². The Morgan fingerprint density at radius 3 is 2.50 bits per heavy atom. The molecule has 0 saturated carbocycles. The topological polar surface area (TPSA) is 12.0 Å². The van der Waals surface area contributed by atoms with Crippen LogP contribution >= 0.6 is 11.6 Å². The van der Waals surface area contributed by atoms with E-state index in [1.165, 1.54) is 21.9 Å². The molecule has 0 aliphatic carbocycles. The molecular formula is C18H16ClN. The van der Waals surface area contributed by atoms with E-state index in [9.17, 15) is 0 Å². The molecule has 0 heterocycles. The third-order valence-corrected chi connectivity index (χ3v) is 3.73. The fourth-order valence-electron chi connectivity index (χ4n) is 2.31. The Kier molecular flexibility index (Phi) is 3.62. The normalized spacial score (nSPS) is 10.7. The monoisotopic (exact) mass is 281 g/mol. The van der Waals surface area contributed by atoms with Gasteiger partial charge in [-0.05, 0) is 47.0 Å². The van der Waals surface area contributed by atoms with Crippen LogP contribution in [-0.2, 0) is 6.54 Å². The lowest BCUT2D eigenvalue weighted by Crippen LogP contribution is -2.00. The molecule has 0 saturated heterocycles. The molecule has 20 heavy (non-hydrogen) atoms. The summed E-state index contributed by atoms with van der Waals surface area (Å²) in [5, 5.41) is 6.69. The van der Waals surface area contributed by atoms with Crippen LogP contribution in [0.15, 0.2) is 60.7 Å². The Morgan fingerprint density at radius 1 is 0.900 bits per heavy atom. The second-order valence-corrected chi connectivity index (χ2v) is 5.43. The predicted molar refractivity (Wildman–Crippen MR) is 87.5 cm³/mol. The van der Waals surface area contributed by atoms with E-state index >= 15 is 0 Å². The molecule has 1 N–H and O–H groups in total. The van der Waals surface area contributed by atoms with E-state index in [1.54, 1.807) is 0 Å². The van der Waals surface area contributed by atoms with E-state index in [4.69, 9.17) is 11.6 Å². The zero-order chi connectivity index (χ0) is 13.9. The molecule has 0 radical (unpaired) electrons. The quantitative estimate of drug-likeness (QED) is 0.676. The second kappa shape index (κ2) is 5.56. The Labute approximate surface area is 124 Å². The van der Waals surface area contributed by atoms with Crippen molar-refractivity contribution in [1.82, 2.24) is 0 Å². The summed E-state index contributed by atoms with van der Waals surface area (Å²) in [5.41, 5.74) is 3.40. The van der Waals surface area contributed by atoms with Crippen LogP contribution < -0.4 is 5.32 Å². The summed E-state index contributed by atoms with van der Waals surface area (Å²) in [5.74, 6) is 0. The zero-order valence-corrected chi connectivity index (χ0v) is 12.1. The molecule has 100 valence electrons. The Balaban J connectivity index is 1.79. The van der Waals surface area contributed by atoms with Gasteiger partial charge < -0.3 is 5.32 Å². The van der Waals surface area contributed by atoms with Crippen LogP contribution in [0.2, 0.25) is 5.02 Å². The summed E-state index contributed by atoms with van der Waals surface area (Å²) in [6.07, 6.45) is 0. The van der Waals surface area contributed by atoms with Gasteiger partial charge in [0.1, 0.15) is 0 Å². The standard InChI is InChI=1S/C18H16ClN/c1-13-6-9-18(17(19)10-13)20-12-14-7-8-15-4-2-3-5-16(15)11-14/h2-11,20H,12H2,1H3. The first kappa shape index (κ1) is 13.0.